The Hall–Kier alpha value is -1.91. The van der Waals surface area contributed by atoms with Crippen LogP contribution in [0.2, 0.25) is 0 Å². The van der Waals surface area contributed by atoms with Crippen LogP contribution in [0.4, 0.5) is 16.2 Å². The number of ether oxygens (including phenoxy) is 1. The van der Waals surface area contributed by atoms with Crippen LogP contribution in [0.25, 0.3) is 0 Å². The van der Waals surface area contributed by atoms with Crippen molar-refractivity contribution in [3.63, 3.8) is 0 Å². The van der Waals surface area contributed by atoms with Crippen LogP contribution in [0.15, 0.2) is 18.2 Å². The Kier molecular flexibility index (Phi) is 5.67. The fraction of sp³-hybridized carbons (Fsp3) is 0.533. The number of carbonyl (C=O) groups excluding carboxylic acids is 1. The van der Waals surface area contributed by atoms with Gasteiger partial charge < -0.3 is 21.1 Å². The SMILES string of the molecule is Cc1ccc(N)cc1NCCCNC(=O)OC(C)(C)C. The van der Waals surface area contributed by atoms with Crippen molar-refractivity contribution < 1.29 is 9.53 Å². The average Bonchev–Trinajstić information content (AvgIpc) is 2.30. The number of anilines is 2. The Morgan fingerprint density at radius 3 is 2.65 bits per heavy atom. The van der Waals surface area contributed by atoms with Gasteiger partial charge in [-0.1, -0.05) is 6.07 Å². The van der Waals surface area contributed by atoms with E-state index in [1.165, 1.54) is 0 Å². The van der Waals surface area contributed by atoms with E-state index in [9.17, 15) is 4.79 Å². The predicted octanol–water partition coefficient (Wildman–Crippen LogP) is 2.90. The first-order valence-corrected chi connectivity index (χ1v) is 6.85. The van der Waals surface area contributed by atoms with Gasteiger partial charge in [0.2, 0.25) is 0 Å². The van der Waals surface area contributed by atoms with Gasteiger partial charge in [-0.25, -0.2) is 4.79 Å². The summed E-state index contributed by atoms with van der Waals surface area (Å²) in [5.74, 6) is 0. The fourth-order valence-electron chi connectivity index (χ4n) is 1.65. The zero-order chi connectivity index (χ0) is 15.2. The molecule has 0 heterocycles. The first kappa shape index (κ1) is 16.1. The van der Waals surface area contributed by atoms with Crippen LogP contribution >= 0.6 is 0 Å². The highest BCUT2D eigenvalue weighted by Gasteiger charge is 2.15. The van der Waals surface area contributed by atoms with E-state index in [1.807, 2.05) is 45.9 Å². The number of hydrogen-bond acceptors (Lipinski definition) is 4. The summed E-state index contributed by atoms with van der Waals surface area (Å²) < 4.78 is 5.15. The van der Waals surface area contributed by atoms with Crippen LogP contribution < -0.4 is 16.4 Å². The second-order valence-electron chi connectivity index (χ2n) is 5.78. The molecule has 1 aromatic carbocycles. The summed E-state index contributed by atoms with van der Waals surface area (Å²) in [4.78, 5) is 11.4. The third-order valence-electron chi connectivity index (χ3n) is 2.60. The van der Waals surface area contributed by atoms with Crippen molar-refractivity contribution in [2.24, 2.45) is 0 Å². The minimum Gasteiger partial charge on any atom is -0.444 e. The molecule has 0 unspecified atom stereocenters. The lowest BCUT2D eigenvalue weighted by Gasteiger charge is -2.19. The Morgan fingerprint density at radius 1 is 1.30 bits per heavy atom. The van der Waals surface area contributed by atoms with E-state index in [1.54, 1.807) is 0 Å². The maximum absolute atomic E-state index is 11.4. The quantitative estimate of drug-likeness (QED) is 0.572. The lowest BCUT2D eigenvalue weighted by Crippen LogP contribution is -2.33. The third-order valence-corrected chi connectivity index (χ3v) is 2.60. The van der Waals surface area contributed by atoms with Crippen molar-refractivity contribution in [3.8, 4) is 0 Å². The summed E-state index contributed by atoms with van der Waals surface area (Å²) in [6, 6.07) is 5.78. The topological polar surface area (TPSA) is 76.4 Å². The van der Waals surface area contributed by atoms with Crippen LogP contribution in [-0.4, -0.2) is 24.8 Å². The molecule has 112 valence electrons. The Labute approximate surface area is 120 Å². The van der Waals surface area contributed by atoms with Gasteiger partial charge in [-0.3, -0.25) is 0 Å². The Morgan fingerprint density at radius 2 is 2.00 bits per heavy atom. The van der Waals surface area contributed by atoms with Gasteiger partial charge in [-0.15, -0.1) is 0 Å². The fourth-order valence-corrected chi connectivity index (χ4v) is 1.65. The summed E-state index contributed by atoms with van der Waals surface area (Å²) in [6.07, 6.45) is 0.436. The number of rotatable bonds is 5. The van der Waals surface area contributed by atoms with Crippen LogP contribution in [0.3, 0.4) is 0 Å². The molecule has 0 fully saturated rings. The monoisotopic (exact) mass is 279 g/mol. The number of nitrogen functional groups attached to an aromatic ring is 1. The maximum Gasteiger partial charge on any atom is 0.407 e. The standard InChI is InChI=1S/C15H25N3O2/c1-11-6-7-12(16)10-13(11)17-8-5-9-18-14(19)20-15(2,3)4/h6-7,10,17H,5,8-9,16H2,1-4H3,(H,18,19). The van der Waals surface area contributed by atoms with E-state index in [-0.39, 0.29) is 6.09 Å². The van der Waals surface area contributed by atoms with Crippen molar-refractivity contribution in [1.29, 1.82) is 0 Å². The molecule has 0 atom stereocenters. The van der Waals surface area contributed by atoms with E-state index in [0.717, 1.165) is 29.9 Å². The predicted molar refractivity (Wildman–Crippen MR) is 82.9 cm³/mol. The lowest BCUT2D eigenvalue weighted by molar-refractivity contribution is 0.0528. The Bertz CT molecular complexity index is 453. The number of alkyl carbamates (subject to hydrolysis) is 1. The minimum absolute atomic E-state index is 0.377. The van der Waals surface area contributed by atoms with Gasteiger partial charge in [0, 0.05) is 24.5 Å². The summed E-state index contributed by atoms with van der Waals surface area (Å²) in [5, 5.41) is 6.03. The number of carbonyl (C=O) groups is 1. The second kappa shape index (κ2) is 7.03. The van der Waals surface area contributed by atoms with Crippen LogP contribution in [0.5, 0.6) is 0 Å². The van der Waals surface area contributed by atoms with Gasteiger partial charge in [0.15, 0.2) is 0 Å². The van der Waals surface area contributed by atoms with E-state index >= 15 is 0 Å². The molecule has 5 nitrogen and oxygen atoms in total. The molecule has 1 amide bonds. The van der Waals surface area contributed by atoms with Crippen molar-refractivity contribution in [3.05, 3.63) is 23.8 Å². The highest BCUT2D eigenvalue weighted by atomic mass is 16.6. The van der Waals surface area contributed by atoms with Crippen molar-refractivity contribution >= 4 is 17.5 Å². The molecule has 5 heteroatoms. The van der Waals surface area contributed by atoms with Crippen LogP contribution in [-0.2, 0) is 4.74 Å². The molecule has 0 saturated carbocycles. The van der Waals surface area contributed by atoms with Crippen molar-refractivity contribution in [1.82, 2.24) is 5.32 Å². The highest BCUT2D eigenvalue weighted by Crippen LogP contribution is 2.17. The van der Waals surface area contributed by atoms with Gasteiger partial charge in [0.05, 0.1) is 0 Å². The maximum atomic E-state index is 11.4. The number of hydrogen-bond donors (Lipinski definition) is 3. The van der Waals surface area contributed by atoms with Crippen molar-refractivity contribution in [2.45, 2.75) is 39.7 Å². The third kappa shape index (κ3) is 6.31. The summed E-state index contributed by atoms with van der Waals surface area (Å²) in [5.41, 5.74) is 8.21. The van der Waals surface area contributed by atoms with E-state index in [4.69, 9.17) is 10.5 Å². The van der Waals surface area contributed by atoms with Gasteiger partial charge in [-0.2, -0.15) is 0 Å². The molecule has 4 N–H and O–H groups in total. The molecular weight excluding hydrogens is 254 g/mol. The molecule has 1 aromatic rings. The van der Waals surface area contributed by atoms with E-state index < -0.39 is 5.60 Å². The molecule has 0 aliphatic heterocycles. The Balaban J connectivity index is 2.22. The normalized spacial score (nSPS) is 11.0. The zero-order valence-corrected chi connectivity index (χ0v) is 12.7. The molecule has 0 saturated heterocycles. The summed E-state index contributed by atoms with van der Waals surface area (Å²) >= 11 is 0. The minimum atomic E-state index is -0.457. The summed E-state index contributed by atoms with van der Waals surface area (Å²) in [6.45, 7) is 8.90. The number of nitrogens with one attached hydrogen (secondary N) is 2. The van der Waals surface area contributed by atoms with E-state index in [2.05, 4.69) is 10.6 Å². The first-order chi connectivity index (χ1) is 9.28. The number of benzene rings is 1. The molecule has 0 aliphatic rings. The molecule has 0 aromatic heterocycles. The molecule has 20 heavy (non-hydrogen) atoms. The zero-order valence-electron chi connectivity index (χ0n) is 12.7. The van der Waals surface area contributed by atoms with Gasteiger partial charge in [0.25, 0.3) is 0 Å². The first-order valence-electron chi connectivity index (χ1n) is 6.85. The number of amides is 1. The molecule has 1 rings (SSSR count). The molecule has 0 bridgehead atoms. The van der Waals surface area contributed by atoms with Gasteiger partial charge in [-0.05, 0) is 51.8 Å². The number of nitrogens with two attached hydrogens (primary N) is 1. The van der Waals surface area contributed by atoms with E-state index in [0.29, 0.717) is 6.54 Å². The molecule has 0 spiro atoms. The smallest absolute Gasteiger partial charge is 0.407 e. The average molecular weight is 279 g/mol. The van der Waals surface area contributed by atoms with Gasteiger partial charge in [0.1, 0.15) is 5.60 Å². The summed E-state index contributed by atoms with van der Waals surface area (Å²) in [7, 11) is 0. The second-order valence-corrected chi connectivity index (χ2v) is 5.78. The molecular formula is C15H25N3O2. The molecule has 0 radical (unpaired) electrons. The lowest BCUT2D eigenvalue weighted by atomic mass is 10.2. The van der Waals surface area contributed by atoms with Crippen LogP contribution in [0.1, 0.15) is 32.8 Å². The van der Waals surface area contributed by atoms with Crippen molar-refractivity contribution in [2.75, 3.05) is 24.1 Å². The van der Waals surface area contributed by atoms with Gasteiger partial charge >= 0.3 is 6.09 Å². The number of aryl methyl sites for hydroxylation is 1. The largest absolute Gasteiger partial charge is 0.444 e. The molecule has 0 aliphatic carbocycles. The highest BCUT2D eigenvalue weighted by molar-refractivity contribution is 5.67. The van der Waals surface area contributed by atoms with Crippen LogP contribution in [0, 0.1) is 6.92 Å².